The molecule has 0 bridgehead atoms. The van der Waals surface area contributed by atoms with Crippen molar-refractivity contribution in [2.45, 2.75) is 18.6 Å². The first-order valence-electron chi connectivity index (χ1n) is 2.84. The standard InChI is InChI=1S/C5H8N2O3/c6-3(4(8)9)7-5(10)1-2-5/h10H,1-2H2,(H2,6,7)(H,8,9). The number of aliphatic hydroxyl groups is 1. The molecule has 0 aromatic carbocycles. The Hall–Kier alpha value is -1.10. The number of hydrogen-bond acceptors (Lipinski definition) is 3. The average molecular weight is 144 g/mol. The highest BCUT2D eigenvalue weighted by molar-refractivity contribution is 6.33. The van der Waals surface area contributed by atoms with Gasteiger partial charge in [-0.25, -0.2) is 9.79 Å². The number of rotatable bonds is 1. The fourth-order valence-electron chi connectivity index (χ4n) is 0.496. The fraction of sp³-hybridized carbons (Fsp3) is 0.600. The van der Waals surface area contributed by atoms with Crippen LogP contribution in [0.3, 0.4) is 0 Å². The zero-order chi connectivity index (χ0) is 7.78. The molecular weight excluding hydrogens is 136 g/mol. The van der Waals surface area contributed by atoms with Gasteiger partial charge in [0.2, 0.25) is 5.84 Å². The predicted octanol–water partition coefficient (Wildman–Crippen LogP) is -1.09. The SMILES string of the molecule is NC(=NC1(O)CC1)C(=O)O. The largest absolute Gasteiger partial charge is 0.475 e. The first kappa shape index (κ1) is 7.01. The number of carboxylic acids is 1. The van der Waals surface area contributed by atoms with E-state index in [0.717, 1.165) is 0 Å². The highest BCUT2D eigenvalue weighted by Gasteiger charge is 2.40. The molecular formula is C5H8N2O3. The van der Waals surface area contributed by atoms with Gasteiger partial charge in [0.25, 0.3) is 0 Å². The average Bonchev–Trinajstić information content (AvgIpc) is 2.47. The molecule has 0 spiro atoms. The first-order valence-corrected chi connectivity index (χ1v) is 2.84. The Balaban J connectivity index is 2.62. The van der Waals surface area contributed by atoms with Crippen LogP contribution in [0, 0.1) is 0 Å². The smallest absolute Gasteiger partial charge is 0.371 e. The van der Waals surface area contributed by atoms with Crippen LogP contribution in [-0.4, -0.2) is 27.7 Å². The molecule has 0 aliphatic heterocycles. The van der Waals surface area contributed by atoms with Gasteiger partial charge in [-0.05, 0) is 0 Å². The van der Waals surface area contributed by atoms with Crippen LogP contribution in [-0.2, 0) is 4.79 Å². The van der Waals surface area contributed by atoms with Crippen molar-refractivity contribution in [2.24, 2.45) is 10.7 Å². The van der Waals surface area contributed by atoms with Crippen LogP contribution in [0.4, 0.5) is 0 Å². The summed E-state index contributed by atoms with van der Waals surface area (Å²) < 4.78 is 0. The number of carboxylic acid groups (broad SMARTS) is 1. The van der Waals surface area contributed by atoms with Gasteiger partial charge in [0, 0.05) is 12.8 Å². The molecule has 0 aromatic rings. The van der Waals surface area contributed by atoms with Crippen LogP contribution < -0.4 is 5.73 Å². The summed E-state index contributed by atoms with van der Waals surface area (Å²) in [6.45, 7) is 0. The van der Waals surface area contributed by atoms with E-state index in [2.05, 4.69) is 4.99 Å². The Bertz CT molecular complexity index is 195. The van der Waals surface area contributed by atoms with E-state index < -0.39 is 17.5 Å². The Labute approximate surface area is 57.2 Å². The molecule has 1 aliphatic carbocycles. The van der Waals surface area contributed by atoms with Gasteiger partial charge in [-0.2, -0.15) is 0 Å². The summed E-state index contributed by atoms with van der Waals surface area (Å²) in [5.74, 6) is -1.82. The number of aliphatic imine (C=N–C) groups is 1. The number of carbonyl (C=O) groups is 1. The highest BCUT2D eigenvalue weighted by Crippen LogP contribution is 2.36. The van der Waals surface area contributed by atoms with Gasteiger partial charge in [0.1, 0.15) is 0 Å². The van der Waals surface area contributed by atoms with Crippen LogP contribution in [0.5, 0.6) is 0 Å². The number of nitrogens with two attached hydrogens (primary N) is 1. The lowest BCUT2D eigenvalue weighted by atomic mass is 10.5. The van der Waals surface area contributed by atoms with Gasteiger partial charge in [-0.1, -0.05) is 0 Å². The van der Waals surface area contributed by atoms with Crippen LogP contribution in [0.2, 0.25) is 0 Å². The number of hydrogen-bond donors (Lipinski definition) is 3. The van der Waals surface area contributed by atoms with Crippen molar-refractivity contribution in [2.75, 3.05) is 0 Å². The number of aliphatic carboxylic acids is 1. The van der Waals surface area contributed by atoms with E-state index in [9.17, 15) is 4.79 Å². The van der Waals surface area contributed by atoms with Crippen molar-refractivity contribution in [1.29, 1.82) is 0 Å². The van der Waals surface area contributed by atoms with Crippen LogP contribution in [0.25, 0.3) is 0 Å². The summed E-state index contributed by atoms with van der Waals surface area (Å²) in [7, 11) is 0. The van der Waals surface area contributed by atoms with E-state index >= 15 is 0 Å². The minimum Gasteiger partial charge on any atom is -0.475 e. The molecule has 1 fully saturated rings. The summed E-state index contributed by atoms with van der Waals surface area (Å²) >= 11 is 0. The molecule has 5 nitrogen and oxygen atoms in total. The Morgan fingerprint density at radius 3 is 2.40 bits per heavy atom. The minimum atomic E-state index is -1.29. The molecule has 0 unspecified atom stereocenters. The molecule has 1 rings (SSSR count). The molecule has 5 heteroatoms. The van der Waals surface area contributed by atoms with E-state index in [1.165, 1.54) is 0 Å². The number of amidine groups is 1. The summed E-state index contributed by atoms with van der Waals surface area (Å²) in [5, 5.41) is 17.2. The van der Waals surface area contributed by atoms with Crippen molar-refractivity contribution < 1.29 is 15.0 Å². The lowest BCUT2D eigenvalue weighted by Crippen LogP contribution is -2.26. The van der Waals surface area contributed by atoms with Crippen LogP contribution >= 0.6 is 0 Å². The molecule has 56 valence electrons. The van der Waals surface area contributed by atoms with Gasteiger partial charge in [0.15, 0.2) is 5.72 Å². The number of nitrogens with zero attached hydrogens (tertiary/aromatic N) is 1. The van der Waals surface area contributed by atoms with Crippen molar-refractivity contribution in [3.63, 3.8) is 0 Å². The maximum Gasteiger partial charge on any atom is 0.371 e. The van der Waals surface area contributed by atoms with Gasteiger partial charge in [0.05, 0.1) is 0 Å². The zero-order valence-electron chi connectivity index (χ0n) is 5.24. The second-order valence-corrected chi connectivity index (χ2v) is 2.28. The van der Waals surface area contributed by atoms with E-state index in [1.807, 2.05) is 0 Å². The van der Waals surface area contributed by atoms with Crippen LogP contribution in [0.1, 0.15) is 12.8 Å². The quantitative estimate of drug-likeness (QED) is 0.322. The van der Waals surface area contributed by atoms with Gasteiger partial charge < -0.3 is 15.9 Å². The third kappa shape index (κ3) is 1.44. The molecule has 10 heavy (non-hydrogen) atoms. The highest BCUT2D eigenvalue weighted by atomic mass is 16.4. The molecule has 0 saturated heterocycles. The van der Waals surface area contributed by atoms with E-state index in [0.29, 0.717) is 12.8 Å². The molecule has 0 heterocycles. The first-order chi connectivity index (χ1) is 4.53. The molecule has 0 atom stereocenters. The van der Waals surface area contributed by atoms with Crippen molar-refractivity contribution in [1.82, 2.24) is 0 Å². The second-order valence-electron chi connectivity index (χ2n) is 2.28. The van der Waals surface area contributed by atoms with Crippen molar-refractivity contribution in [3.05, 3.63) is 0 Å². The Kier molecular flexibility index (Phi) is 1.37. The topological polar surface area (TPSA) is 95.9 Å². The lowest BCUT2D eigenvalue weighted by Gasteiger charge is -1.98. The maximum absolute atomic E-state index is 10.0. The maximum atomic E-state index is 10.0. The molecule has 4 N–H and O–H groups in total. The predicted molar refractivity (Wildman–Crippen MR) is 33.4 cm³/mol. The van der Waals surface area contributed by atoms with Crippen molar-refractivity contribution >= 4 is 11.8 Å². The summed E-state index contributed by atoms with van der Waals surface area (Å²) in [4.78, 5) is 13.4. The van der Waals surface area contributed by atoms with Gasteiger partial charge in [-0.3, -0.25) is 0 Å². The van der Waals surface area contributed by atoms with E-state index in [1.54, 1.807) is 0 Å². The molecule has 0 radical (unpaired) electrons. The summed E-state index contributed by atoms with van der Waals surface area (Å²) in [6.07, 6.45) is 1.00. The molecule has 0 amide bonds. The summed E-state index contributed by atoms with van der Waals surface area (Å²) in [6, 6.07) is 0. The Morgan fingerprint density at radius 1 is 1.60 bits per heavy atom. The minimum absolute atomic E-state index is 0.501. The van der Waals surface area contributed by atoms with E-state index in [-0.39, 0.29) is 0 Å². The fourth-order valence-corrected chi connectivity index (χ4v) is 0.496. The molecule has 0 aromatic heterocycles. The third-order valence-electron chi connectivity index (χ3n) is 1.24. The Morgan fingerprint density at radius 2 is 2.10 bits per heavy atom. The molecule has 1 saturated carbocycles. The lowest BCUT2D eigenvalue weighted by molar-refractivity contribution is -0.129. The van der Waals surface area contributed by atoms with Gasteiger partial charge >= 0.3 is 5.97 Å². The van der Waals surface area contributed by atoms with E-state index in [4.69, 9.17) is 15.9 Å². The zero-order valence-corrected chi connectivity index (χ0v) is 5.24. The van der Waals surface area contributed by atoms with Crippen molar-refractivity contribution in [3.8, 4) is 0 Å². The monoisotopic (exact) mass is 144 g/mol. The second kappa shape index (κ2) is 1.95. The molecule has 1 aliphatic rings. The third-order valence-corrected chi connectivity index (χ3v) is 1.24. The normalized spacial score (nSPS) is 22.3. The van der Waals surface area contributed by atoms with Crippen LogP contribution in [0.15, 0.2) is 4.99 Å². The van der Waals surface area contributed by atoms with Gasteiger partial charge in [-0.15, -0.1) is 0 Å². The summed E-state index contributed by atoms with van der Waals surface area (Å²) in [5.41, 5.74) is 3.77.